The number of esters is 1. The minimum atomic E-state index is -1.22. The normalized spacial score (nSPS) is 13.2. The molecule has 0 unspecified atom stereocenters. The van der Waals surface area contributed by atoms with Crippen molar-refractivity contribution in [2.24, 2.45) is 0 Å². The van der Waals surface area contributed by atoms with Gasteiger partial charge in [0.05, 0.1) is 26.4 Å². The van der Waals surface area contributed by atoms with Crippen LogP contribution in [0.25, 0.3) is 0 Å². The minimum absolute atomic E-state index is 0.0564. The number of carbonyl (C=O) groups excluding carboxylic acids is 3. The highest BCUT2D eigenvalue weighted by Crippen LogP contribution is 2.19. The molecular weight excluding hydrogens is 488 g/mol. The van der Waals surface area contributed by atoms with Gasteiger partial charge in [-0.3, -0.25) is 14.4 Å². The number of rotatable bonds is 17. The van der Waals surface area contributed by atoms with Gasteiger partial charge in [-0.1, -0.05) is 91.0 Å². The highest BCUT2D eigenvalue weighted by Gasteiger charge is 2.38. The quantitative estimate of drug-likeness (QED) is 0.194. The first-order valence-corrected chi connectivity index (χ1v) is 12.2. The van der Waals surface area contributed by atoms with Crippen molar-refractivity contribution >= 4 is 18.2 Å². The van der Waals surface area contributed by atoms with E-state index in [-0.39, 0.29) is 26.4 Å². The van der Waals surface area contributed by atoms with Gasteiger partial charge < -0.3 is 23.7 Å². The molecule has 0 saturated heterocycles. The van der Waals surface area contributed by atoms with Gasteiger partial charge >= 0.3 is 5.97 Å². The molecule has 3 atom stereocenters. The summed E-state index contributed by atoms with van der Waals surface area (Å²) in [6, 6.07) is 28.2. The molecule has 8 nitrogen and oxygen atoms in total. The van der Waals surface area contributed by atoms with Crippen molar-refractivity contribution in [3.8, 4) is 0 Å². The van der Waals surface area contributed by atoms with Crippen molar-refractivity contribution < 1.29 is 38.1 Å². The maximum atomic E-state index is 13.3. The van der Waals surface area contributed by atoms with E-state index in [0.717, 1.165) is 16.7 Å². The molecule has 0 aliphatic heterocycles. The van der Waals surface area contributed by atoms with Gasteiger partial charge in [-0.15, -0.1) is 0 Å². The second-order valence-corrected chi connectivity index (χ2v) is 8.50. The van der Waals surface area contributed by atoms with Crippen LogP contribution in [0.3, 0.4) is 0 Å². The monoisotopic (exact) mass is 520 g/mol. The molecule has 0 aliphatic rings. The zero-order chi connectivity index (χ0) is 27.0. The third kappa shape index (κ3) is 9.89. The predicted octanol–water partition coefficient (Wildman–Crippen LogP) is 4.05. The highest BCUT2D eigenvalue weighted by molar-refractivity contribution is 5.86. The van der Waals surface area contributed by atoms with Gasteiger partial charge in [-0.25, -0.2) is 0 Å². The summed E-state index contributed by atoms with van der Waals surface area (Å²) in [7, 11) is 0. The van der Waals surface area contributed by atoms with Crippen LogP contribution < -0.4 is 0 Å². The molecule has 0 fully saturated rings. The Hall–Kier alpha value is -3.85. The Morgan fingerprint density at radius 1 is 0.737 bits per heavy atom. The molecule has 38 heavy (non-hydrogen) atoms. The summed E-state index contributed by atoms with van der Waals surface area (Å²) >= 11 is 0. The zero-order valence-corrected chi connectivity index (χ0v) is 21.3. The first-order chi connectivity index (χ1) is 18.6. The maximum absolute atomic E-state index is 13.3. The van der Waals surface area contributed by atoms with Crippen molar-refractivity contribution in [2.45, 2.75) is 45.1 Å². The summed E-state index contributed by atoms with van der Waals surface area (Å²) < 4.78 is 28.4. The molecule has 0 heterocycles. The second kappa shape index (κ2) is 16.1. The molecule has 3 rings (SSSR count). The van der Waals surface area contributed by atoms with E-state index < -0.39 is 36.7 Å². The Balaban J connectivity index is 1.84. The lowest BCUT2D eigenvalue weighted by Gasteiger charge is -2.31. The van der Waals surface area contributed by atoms with Crippen molar-refractivity contribution in [1.82, 2.24) is 0 Å². The Morgan fingerprint density at radius 3 is 1.74 bits per heavy atom. The van der Waals surface area contributed by atoms with Crippen LogP contribution in [0.2, 0.25) is 0 Å². The van der Waals surface area contributed by atoms with E-state index in [0.29, 0.717) is 6.47 Å². The summed E-state index contributed by atoms with van der Waals surface area (Å²) in [5.41, 5.74) is 2.61. The van der Waals surface area contributed by atoms with Crippen LogP contribution in [0.1, 0.15) is 23.6 Å². The van der Waals surface area contributed by atoms with Crippen LogP contribution in [-0.4, -0.2) is 49.8 Å². The number of ketones is 1. The van der Waals surface area contributed by atoms with Gasteiger partial charge in [0.2, 0.25) is 5.78 Å². The van der Waals surface area contributed by atoms with Crippen LogP contribution in [-0.2, 0) is 57.9 Å². The predicted molar refractivity (Wildman–Crippen MR) is 139 cm³/mol. The smallest absolute Gasteiger partial charge is 0.303 e. The molecule has 0 radical (unpaired) electrons. The van der Waals surface area contributed by atoms with Crippen molar-refractivity contribution in [3.05, 3.63) is 108 Å². The van der Waals surface area contributed by atoms with E-state index in [1.807, 2.05) is 91.0 Å². The lowest BCUT2D eigenvalue weighted by atomic mass is 10.0. The molecule has 0 aliphatic carbocycles. The largest absolute Gasteiger partial charge is 0.459 e. The number of ether oxygens (including phenoxy) is 5. The Morgan fingerprint density at radius 2 is 1.24 bits per heavy atom. The molecule has 0 N–H and O–H groups in total. The van der Waals surface area contributed by atoms with E-state index in [4.69, 9.17) is 23.7 Å². The second-order valence-electron chi connectivity index (χ2n) is 8.50. The third-order valence-electron chi connectivity index (χ3n) is 5.58. The van der Waals surface area contributed by atoms with Gasteiger partial charge in [0.1, 0.15) is 12.2 Å². The summed E-state index contributed by atoms with van der Waals surface area (Å²) in [6.45, 7) is 1.41. The molecule has 8 heteroatoms. The molecule has 3 aromatic rings. The third-order valence-corrected chi connectivity index (χ3v) is 5.58. The summed E-state index contributed by atoms with van der Waals surface area (Å²) in [4.78, 5) is 36.1. The van der Waals surface area contributed by atoms with Crippen LogP contribution in [0, 0.1) is 0 Å². The number of benzene rings is 3. The molecular formula is C30H32O8. The average molecular weight is 521 g/mol. The fourth-order valence-electron chi connectivity index (χ4n) is 3.69. The number of Topliss-reactive ketones (excluding diaryl/α,β-unsaturated/α-hetero) is 1. The summed E-state index contributed by atoms with van der Waals surface area (Å²) in [5, 5.41) is 0. The van der Waals surface area contributed by atoms with E-state index in [1.165, 1.54) is 6.92 Å². The van der Waals surface area contributed by atoms with Crippen LogP contribution in [0.15, 0.2) is 91.0 Å². The fourth-order valence-corrected chi connectivity index (χ4v) is 3.69. The molecule has 3 aromatic carbocycles. The number of hydrogen-bond acceptors (Lipinski definition) is 8. The molecule has 0 saturated carbocycles. The lowest BCUT2D eigenvalue weighted by molar-refractivity contribution is -0.179. The first kappa shape index (κ1) is 28.7. The van der Waals surface area contributed by atoms with Crippen LogP contribution >= 0.6 is 0 Å². The molecule has 0 bridgehead atoms. The molecule has 0 amide bonds. The molecule has 0 spiro atoms. The minimum Gasteiger partial charge on any atom is -0.459 e. The van der Waals surface area contributed by atoms with Crippen molar-refractivity contribution in [3.63, 3.8) is 0 Å². The average Bonchev–Trinajstić information content (AvgIpc) is 2.95. The first-order valence-electron chi connectivity index (χ1n) is 12.2. The Labute approximate surface area is 222 Å². The van der Waals surface area contributed by atoms with E-state index in [1.54, 1.807) is 0 Å². The van der Waals surface area contributed by atoms with E-state index in [9.17, 15) is 14.4 Å². The topological polar surface area (TPSA) is 97.4 Å². The van der Waals surface area contributed by atoms with Gasteiger partial charge in [-0.05, 0) is 16.7 Å². The number of carbonyl (C=O) groups is 3. The Bertz CT molecular complexity index is 1100. The van der Waals surface area contributed by atoms with Gasteiger partial charge in [0.15, 0.2) is 12.7 Å². The van der Waals surface area contributed by atoms with E-state index >= 15 is 0 Å². The van der Waals surface area contributed by atoms with Gasteiger partial charge in [-0.2, -0.15) is 0 Å². The zero-order valence-electron chi connectivity index (χ0n) is 21.3. The van der Waals surface area contributed by atoms with Gasteiger partial charge in [0, 0.05) is 6.92 Å². The summed E-state index contributed by atoms with van der Waals surface area (Å²) in [5.74, 6) is -1.13. The Kier molecular flexibility index (Phi) is 12.2. The fraction of sp³-hybridized carbons (Fsp3) is 0.300. The SMILES string of the molecule is CC(=O)OCC(=O)[C@@H](OCc1ccccc1)[C@H](OCc1ccccc1)[C@@H](COCc1ccccc1)OC=O. The van der Waals surface area contributed by atoms with Crippen LogP contribution in [0.5, 0.6) is 0 Å². The van der Waals surface area contributed by atoms with Crippen molar-refractivity contribution in [1.29, 1.82) is 0 Å². The van der Waals surface area contributed by atoms with Gasteiger partial charge in [0.25, 0.3) is 6.47 Å². The summed E-state index contributed by atoms with van der Waals surface area (Å²) in [6.07, 6.45) is -3.26. The van der Waals surface area contributed by atoms with Crippen LogP contribution in [0.4, 0.5) is 0 Å². The number of hydrogen-bond donors (Lipinski definition) is 0. The standard InChI is InChI=1S/C30H32O8/c1-23(32)35-20-27(33)29(36-18-25-13-7-3-8-14-25)30(37-19-26-15-9-4-10-16-26)28(38-22-31)21-34-17-24-11-5-2-6-12-24/h2-16,22,28-30H,17-21H2,1H3/t28-,29-,30-/m1/s1. The van der Waals surface area contributed by atoms with Crippen molar-refractivity contribution in [2.75, 3.05) is 13.2 Å². The van der Waals surface area contributed by atoms with E-state index in [2.05, 4.69) is 0 Å². The highest BCUT2D eigenvalue weighted by atomic mass is 16.6. The lowest BCUT2D eigenvalue weighted by Crippen LogP contribution is -2.49. The molecule has 0 aromatic heterocycles. The molecule has 200 valence electrons. The maximum Gasteiger partial charge on any atom is 0.303 e.